The molecule has 2 amide bonds. The highest BCUT2D eigenvalue weighted by Gasteiger charge is 2.50. The first-order chi connectivity index (χ1) is 19.2. The molecule has 1 aromatic rings. The van der Waals surface area contributed by atoms with Crippen molar-refractivity contribution in [2.24, 2.45) is 23.5 Å². The first-order valence-electron chi connectivity index (χ1n) is 13.6. The molecule has 0 bridgehead atoms. The number of fused-ring (bicyclic) bond motifs is 3. The summed E-state index contributed by atoms with van der Waals surface area (Å²) < 4.78 is 5.48. The van der Waals surface area contributed by atoms with Gasteiger partial charge in [0.1, 0.15) is 28.7 Å². The number of phenols is 1. The number of aliphatic hydroxyl groups is 2. The van der Waals surface area contributed by atoms with Crippen LogP contribution in [0.25, 0.3) is 11.3 Å². The fraction of sp³-hybridized carbons (Fsp3) is 0.419. The van der Waals surface area contributed by atoms with Crippen LogP contribution in [0.4, 0.5) is 4.79 Å². The number of Topliss-reactive ketones (excluding diaryl/α,β-unsaturated/α-hetero) is 2. The van der Waals surface area contributed by atoms with Crippen LogP contribution in [0, 0.1) is 17.8 Å². The van der Waals surface area contributed by atoms with Crippen LogP contribution in [0.3, 0.4) is 0 Å². The number of aromatic hydroxyl groups is 1. The number of allylic oxidation sites excluding steroid dienone is 2. The fourth-order valence-electron chi connectivity index (χ4n) is 6.46. The molecule has 1 fully saturated rings. The van der Waals surface area contributed by atoms with Gasteiger partial charge in [0.15, 0.2) is 5.78 Å². The number of carbonyl (C=O) groups excluding carboxylic acids is 4. The molecule has 1 heterocycles. The number of ether oxygens (including phenoxy) is 1. The average molecular weight is 563 g/mol. The number of nitrogens with zero attached hydrogens (tertiary/aromatic N) is 1. The summed E-state index contributed by atoms with van der Waals surface area (Å²) in [5, 5.41) is 32.9. The van der Waals surface area contributed by atoms with Gasteiger partial charge in [0, 0.05) is 31.0 Å². The zero-order chi connectivity index (χ0) is 30.0. The van der Waals surface area contributed by atoms with Crippen molar-refractivity contribution < 1.29 is 39.2 Å². The summed E-state index contributed by atoms with van der Waals surface area (Å²) in [7, 11) is 0. The van der Waals surface area contributed by atoms with Crippen LogP contribution in [0.15, 0.2) is 47.3 Å². The molecule has 0 aromatic heterocycles. The molecule has 0 saturated heterocycles. The predicted octanol–water partition coefficient (Wildman–Crippen LogP) is 3.89. The normalized spacial score (nSPS) is 24.8. The van der Waals surface area contributed by atoms with Crippen LogP contribution < -0.4 is 5.73 Å². The number of phenolic OH excluding ortho intramolecular Hbond substituents is 1. The third-order valence-corrected chi connectivity index (χ3v) is 8.37. The van der Waals surface area contributed by atoms with Gasteiger partial charge in [0.25, 0.3) is 0 Å². The van der Waals surface area contributed by atoms with E-state index in [-0.39, 0.29) is 46.6 Å². The summed E-state index contributed by atoms with van der Waals surface area (Å²) in [6.45, 7) is 10.1. The van der Waals surface area contributed by atoms with E-state index in [1.165, 1.54) is 6.07 Å². The summed E-state index contributed by atoms with van der Waals surface area (Å²) in [6, 6.07) is 3.22. The van der Waals surface area contributed by atoms with E-state index in [0.717, 1.165) is 11.1 Å². The highest BCUT2D eigenvalue weighted by molar-refractivity contribution is 6.17. The Kier molecular flexibility index (Phi) is 6.83. The minimum Gasteiger partial charge on any atom is -0.507 e. The van der Waals surface area contributed by atoms with E-state index in [2.05, 4.69) is 6.58 Å². The molecule has 10 nitrogen and oxygen atoms in total. The molecule has 3 unspecified atom stereocenters. The second-order valence-corrected chi connectivity index (χ2v) is 12.1. The van der Waals surface area contributed by atoms with Gasteiger partial charge in [-0.3, -0.25) is 14.4 Å². The molecule has 1 aliphatic heterocycles. The monoisotopic (exact) mass is 562 g/mol. The van der Waals surface area contributed by atoms with Crippen LogP contribution in [0.2, 0.25) is 0 Å². The molecule has 5 rings (SSSR count). The molecule has 10 heteroatoms. The van der Waals surface area contributed by atoms with Crippen molar-refractivity contribution >= 4 is 34.9 Å². The Hall–Kier alpha value is -4.34. The number of hydrogen-bond donors (Lipinski definition) is 4. The molecule has 5 N–H and O–H groups in total. The van der Waals surface area contributed by atoms with Crippen molar-refractivity contribution in [1.29, 1.82) is 0 Å². The van der Waals surface area contributed by atoms with E-state index in [4.69, 9.17) is 10.5 Å². The Morgan fingerprint density at radius 1 is 1.12 bits per heavy atom. The topological polar surface area (TPSA) is 167 Å². The van der Waals surface area contributed by atoms with Gasteiger partial charge >= 0.3 is 6.09 Å². The zero-order valence-electron chi connectivity index (χ0n) is 23.3. The number of rotatable bonds is 2. The van der Waals surface area contributed by atoms with Crippen LogP contribution in [-0.4, -0.2) is 62.5 Å². The molecule has 0 spiro atoms. The smallest absolute Gasteiger partial charge is 0.410 e. The minimum atomic E-state index is -1.23. The SMILES string of the molecule is C=C1C(O)=C(C(N)=O)CC(=O)C2C(=O)C3=C(O)c4c(O)ccc(C5=CCN(C(=O)OC(C)(C)C)CC5)c4CC3CC12. The lowest BCUT2D eigenvalue weighted by molar-refractivity contribution is -0.134. The molecule has 41 heavy (non-hydrogen) atoms. The first-order valence-corrected chi connectivity index (χ1v) is 13.6. The molecular formula is C31H34N2O8. The fourth-order valence-corrected chi connectivity index (χ4v) is 6.46. The van der Waals surface area contributed by atoms with Gasteiger partial charge in [-0.25, -0.2) is 4.79 Å². The Labute approximate surface area is 237 Å². The van der Waals surface area contributed by atoms with E-state index in [9.17, 15) is 34.5 Å². The predicted molar refractivity (Wildman–Crippen MR) is 149 cm³/mol. The van der Waals surface area contributed by atoms with Crippen molar-refractivity contribution in [3.63, 3.8) is 0 Å². The maximum Gasteiger partial charge on any atom is 0.410 e. The number of nitrogens with two attached hydrogens (primary N) is 1. The van der Waals surface area contributed by atoms with Crippen molar-refractivity contribution in [1.82, 2.24) is 4.90 Å². The van der Waals surface area contributed by atoms with Gasteiger partial charge in [0.2, 0.25) is 5.91 Å². The number of ketones is 2. The molecular weight excluding hydrogens is 528 g/mol. The van der Waals surface area contributed by atoms with E-state index in [0.29, 0.717) is 25.1 Å². The maximum absolute atomic E-state index is 13.8. The standard InChI is InChI=1S/C31H34N2O8/c1-14-18-11-16-12-19-17(15-7-9-33(10-8-15)30(40)41-31(2,3)4)5-6-21(34)25(19)28(38)23(16)27(37)24(18)22(35)13-20(26(14)36)29(32)39/h5-7,16,18,24,34,36,38H,1,8-13H2,2-4H3,(H2,32,39). The average Bonchev–Trinajstić information content (AvgIpc) is 2.98. The molecule has 1 aromatic carbocycles. The number of carbonyl (C=O) groups is 4. The molecule has 216 valence electrons. The number of primary amides is 1. The molecule has 4 aliphatic rings. The van der Waals surface area contributed by atoms with Crippen LogP contribution >= 0.6 is 0 Å². The third-order valence-electron chi connectivity index (χ3n) is 8.37. The maximum atomic E-state index is 13.8. The molecule has 1 saturated carbocycles. The van der Waals surface area contributed by atoms with Crippen LogP contribution in [0.1, 0.15) is 56.7 Å². The largest absolute Gasteiger partial charge is 0.507 e. The van der Waals surface area contributed by atoms with E-state index >= 15 is 0 Å². The van der Waals surface area contributed by atoms with Crippen molar-refractivity contribution in [3.05, 3.63) is 64.0 Å². The van der Waals surface area contributed by atoms with Gasteiger partial charge in [0.05, 0.1) is 17.1 Å². The zero-order valence-corrected chi connectivity index (χ0v) is 23.3. The Bertz CT molecular complexity index is 1510. The first kappa shape index (κ1) is 28.2. The summed E-state index contributed by atoms with van der Waals surface area (Å²) in [4.78, 5) is 53.0. The van der Waals surface area contributed by atoms with Crippen molar-refractivity contribution in [2.45, 2.75) is 52.1 Å². The quantitative estimate of drug-likeness (QED) is 0.394. The summed E-state index contributed by atoms with van der Waals surface area (Å²) in [5.74, 6) is -5.70. The van der Waals surface area contributed by atoms with Crippen molar-refractivity contribution in [3.8, 4) is 5.75 Å². The number of aliphatic hydroxyl groups excluding tert-OH is 2. The lowest BCUT2D eigenvalue weighted by Crippen LogP contribution is -2.42. The van der Waals surface area contributed by atoms with Gasteiger partial charge in [-0.15, -0.1) is 0 Å². The molecule has 3 aliphatic carbocycles. The molecule has 0 radical (unpaired) electrons. The molecule has 3 atom stereocenters. The third kappa shape index (κ3) is 4.81. The Morgan fingerprint density at radius 2 is 1.83 bits per heavy atom. The van der Waals surface area contributed by atoms with Crippen LogP contribution in [0.5, 0.6) is 5.75 Å². The van der Waals surface area contributed by atoms with E-state index in [1.54, 1.807) is 31.7 Å². The Morgan fingerprint density at radius 3 is 2.44 bits per heavy atom. The summed E-state index contributed by atoms with van der Waals surface area (Å²) in [6.07, 6.45) is 2.02. The second kappa shape index (κ2) is 9.94. The van der Waals surface area contributed by atoms with E-state index < -0.39 is 59.1 Å². The lowest BCUT2D eigenvalue weighted by atomic mass is 9.62. The highest BCUT2D eigenvalue weighted by atomic mass is 16.6. The van der Waals surface area contributed by atoms with Gasteiger partial charge < -0.3 is 30.7 Å². The summed E-state index contributed by atoms with van der Waals surface area (Å²) >= 11 is 0. The van der Waals surface area contributed by atoms with Crippen molar-refractivity contribution in [2.75, 3.05) is 13.1 Å². The Balaban J connectivity index is 1.51. The minimum absolute atomic E-state index is 0.0584. The van der Waals surface area contributed by atoms with Gasteiger partial charge in [-0.05, 0) is 74.3 Å². The highest BCUT2D eigenvalue weighted by Crippen LogP contribution is 2.51. The summed E-state index contributed by atoms with van der Waals surface area (Å²) in [5.41, 5.74) is 7.16. The van der Waals surface area contributed by atoms with Crippen LogP contribution in [-0.2, 0) is 25.5 Å². The number of amides is 2. The van der Waals surface area contributed by atoms with Gasteiger partial charge in [-0.1, -0.05) is 18.7 Å². The second-order valence-electron chi connectivity index (χ2n) is 12.1. The number of hydrogen-bond acceptors (Lipinski definition) is 8. The number of benzene rings is 1. The van der Waals surface area contributed by atoms with Gasteiger partial charge in [-0.2, -0.15) is 0 Å². The lowest BCUT2D eigenvalue weighted by Gasteiger charge is -2.39. The van der Waals surface area contributed by atoms with E-state index in [1.807, 2.05) is 6.08 Å².